The van der Waals surface area contributed by atoms with E-state index >= 15 is 0 Å². The Morgan fingerprint density at radius 1 is 1.17 bits per heavy atom. The molecule has 2 aliphatic rings. The Labute approximate surface area is 242 Å². The SMILES string of the molecule is COc1ccc2nc(Cl)c(CN3CCC(N4CC(CC#N)(n5cc(-c6ncnc7[nH]ccc67)cn5)C4)CC3)cc2c1. The van der Waals surface area contributed by atoms with Crippen LogP contribution in [0.4, 0.5) is 0 Å². The Morgan fingerprint density at radius 3 is 2.83 bits per heavy atom. The van der Waals surface area contributed by atoms with Gasteiger partial charge in [0, 0.05) is 60.0 Å². The summed E-state index contributed by atoms with van der Waals surface area (Å²) in [6.07, 6.45) is 9.88. The average molecular weight is 568 g/mol. The van der Waals surface area contributed by atoms with Gasteiger partial charge >= 0.3 is 0 Å². The van der Waals surface area contributed by atoms with Gasteiger partial charge in [0.05, 0.1) is 37.0 Å². The number of methoxy groups -OCH3 is 1. The van der Waals surface area contributed by atoms with Crippen molar-refractivity contribution in [3.63, 3.8) is 0 Å². The fraction of sp³-hybridized carbons (Fsp3) is 0.367. The zero-order valence-electron chi connectivity index (χ0n) is 22.8. The Kier molecular flexibility index (Phi) is 6.58. The number of rotatable bonds is 7. The van der Waals surface area contributed by atoms with E-state index in [0.717, 1.165) is 90.1 Å². The summed E-state index contributed by atoms with van der Waals surface area (Å²) in [5.41, 5.74) is 4.17. The van der Waals surface area contributed by atoms with Crippen LogP contribution in [0.1, 0.15) is 24.8 Å². The van der Waals surface area contributed by atoms with Crippen LogP contribution >= 0.6 is 11.6 Å². The van der Waals surface area contributed by atoms with Crippen molar-refractivity contribution in [3.8, 4) is 23.1 Å². The molecule has 41 heavy (non-hydrogen) atoms. The van der Waals surface area contributed by atoms with Crippen LogP contribution in [0.2, 0.25) is 5.15 Å². The van der Waals surface area contributed by atoms with Gasteiger partial charge in [0.2, 0.25) is 0 Å². The molecule has 4 aromatic heterocycles. The summed E-state index contributed by atoms with van der Waals surface area (Å²) < 4.78 is 7.37. The number of hydrogen-bond acceptors (Lipinski definition) is 8. The number of nitrogens with one attached hydrogen (secondary N) is 1. The molecule has 1 aromatic carbocycles. The third kappa shape index (κ3) is 4.70. The highest BCUT2D eigenvalue weighted by atomic mass is 35.5. The number of aromatic nitrogens is 6. The lowest BCUT2D eigenvalue weighted by atomic mass is 9.83. The number of piperidine rings is 1. The van der Waals surface area contributed by atoms with Crippen molar-refractivity contribution in [2.24, 2.45) is 0 Å². The maximum absolute atomic E-state index is 9.69. The highest BCUT2D eigenvalue weighted by Crippen LogP contribution is 2.37. The molecule has 10 nitrogen and oxygen atoms in total. The third-order valence-electron chi connectivity index (χ3n) is 8.61. The van der Waals surface area contributed by atoms with E-state index in [0.29, 0.717) is 17.6 Å². The number of hydrogen-bond donors (Lipinski definition) is 1. The molecular weight excluding hydrogens is 538 g/mol. The van der Waals surface area contributed by atoms with Crippen LogP contribution in [0.3, 0.4) is 0 Å². The molecule has 11 heteroatoms. The first-order chi connectivity index (χ1) is 20.0. The molecule has 5 aromatic rings. The van der Waals surface area contributed by atoms with E-state index in [1.807, 2.05) is 47.5 Å². The summed E-state index contributed by atoms with van der Waals surface area (Å²) in [6.45, 7) is 4.39. The van der Waals surface area contributed by atoms with Crippen molar-refractivity contribution in [2.45, 2.75) is 37.4 Å². The zero-order chi connectivity index (χ0) is 28.0. The second-order valence-corrected chi connectivity index (χ2v) is 11.5. The molecule has 0 radical (unpaired) electrons. The Morgan fingerprint density at radius 2 is 2.02 bits per heavy atom. The zero-order valence-corrected chi connectivity index (χ0v) is 23.6. The summed E-state index contributed by atoms with van der Waals surface area (Å²) in [4.78, 5) is 21.5. The van der Waals surface area contributed by atoms with Gasteiger partial charge < -0.3 is 9.72 Å². The molecule has 1 N–H and O–H groups in total. The fourth-order valence-electron chi connectivity index (χ4n) is 6.36. The molecule has 7 rings (SSSR count). The van der Waals surface area contributed by atoms with Gasteiger partial charge in [-0.05, 0) is 56.3 Å². The lowest BCUT2D eigenvalue weighted by molar-refractivity contribution is -0.0436. The smallest absolute Gasteiger partial charge is 0.141 e. The number of nitriles is 1. The fourth-order valence-corrected chi connectivity index (χ4v) is 6.56. The van der Waals surface area contributed by atoms with E-state index in [9.17, 15) is 5.26 Å². The van der Waals surface area contributed by atoms with Crippen LogP contribution in [-0.4, -0.2) is 78.8 Å². The number of ether oxygens (including phenoxy) is 1. The quantitative estimate of drug-likeness (QED) is 0.284. The molecule has 2 saturated heterocycles. The second kappa shape index (κ2) is 10.4. The molecule has 0 aliphatic carbocycles. The molecule has 2 aliphatic heterocycles. The second-order valence-electron chi connectivity index (χ2n) is 11.1. The predicted molar refractivity (Wildman–Crippen MR) is 156 cm³/mol. The first kappa shape index (κ1) is 25.9. The van der Waals surface area contributed by atoms with Gasteiger partial charge in [-0.2, -0.15) is 10.4 Å². The van der Waals surface area contributed by atoms with Gasteiger partial charge in [-0.1, -0.05) is 11.6 Å². The highest BCUT2D eigenvalue weighted by molar-refractivity contribution is 6.30. The normalized spacial score (nSPS) is 18.0. The van der Waals surface area contributed by atoms with Crippen molar-refractivity contribution < 1.29 is 4.74 Å². The number of aromatic amines is 1. The average Bonchev–Trinajstić information content (AvgIpc) is 3.66. The van der Waals surface area contributed by atoms with E-state index in [1.54, 1.807) is 13.4 Å². The van der Waals surface area contributed by atoms with Crippen LogP contribution in [0.15, 0.2) is 55.2 Å². The molecule has 2 fully saturated rings. The Hall–Kier alpha value is -4.04. The summed E-state index contributed by atoms with van der Waals surface area (Å²) in [5, 5.41) is 17.0. The molecular formula is C30H30ClN9O. The molecule has 0 spiro atoms. The molecule has 0 amide bonds. The first-order valence-electron chi connectivity index (χ1n) is 13.9. The van der Waals surface area contributed by atoms with E-state index in [1.165, 1.54) is 0 Å². The van der Waals surface area contributed by atoms with Crippen LogP contribution in [0, 0.1) is 11.3 Å². The summed E-state index contributed by atoms with van der Waals surface area (Å²) in [7, 11) is 1.67. The van der Waals surface area contributed by atoms with Crippen LogP contribution < -0.4 is 4.74 Å². The van der Waals surface area contributed by atoms with Crippen LogP contribution in [-0.2, 0) is 12.1 Å². The maximum Gasteiger partial charge on any atom is 0.141 e. The lowest BCUT2D eigenvalue weighted by Gasteiger charge is -2.53. The van der Waals surface area contributed by atoms with E-state index in [-0.39, 0.29) is 5.54 Å². The number of fused-ring (bicyclic) bond motifs is 2. The molecule has 6 heterocycles. The monoisotopic (exact) mass is 567 g/mol. The summed E-state index contributed by atoms with van der Waals surface area (Å²) in [6, 6.07) is 12.9. The number of benzene rings is 1. The lowest BCUT2D eigenvalue weighted by Crippen LogP contribution is -2.66. The van der Waals surface area contributed by atoms with Crippen molar-refractivity contribution in [3.05, 3.63) is 66.0 Å². The maximum atomic E-state index is 9.69. The van der Waals surface area contributed by atoms with E-state index < -0.39 is 0 Å². The standard InChI is InChI=1S/C30H30ClN9O/c1-41-24-2-3-26-20(13-24)12-21(28(31)37-26)15-38-10-5-23(6-11-38)39-17-30(18-39,7-8-32)40-16-22(14-36-40)27-25-4-9-33-29(25)35-19-34-27/h2-4,9,12-14,16,19,23H,5-7,10-11,15,17-18H2,1H3,(H,33,34,35). The van der Waals surface area contributed by atoms with Crippen molar-refractivity contribution in [2.75, 3.05) is 33.3 Å². The number of pyridine rings is 1. The van der Waals surface area contributed by atoms with Gasteiger partial charge in [-0.25, -0.2) is 15.0 Å². The Balaban J connectivity index is 1.00. The summed E-state index contributed by atoms with van der Waals surface area (Å²) in [5.74, 6) is 0.814. The first-order valence-corrected chi connectivity index (χ1v) is 14.2. The molecule has 0 bridgehead atoms. The largest absolute Gasteiger partial charge is 0.497 e. The Bertz CT molecular complexity index is 1760. The van der Waals surface area contributed by atoms with E-state index in [4.69, 9.17) is 21.4 Å². The van der Waals surface area contributed by atoms with Crippen molar-refractivity contribution in [1.29, 1.82) is 5.26 Å². The predicted octanol–water partition coefficient (Wildman–Crippen LogP) is 4.62. The minimum absolute atomic E-state index is 0.320. The molecule has 0 saturated carbocycles. The minimum atomic E-state index is -0.320. The van der Waals surface area contributed by atoms with Gasteiger partial charge in [0.15, 0.2) is 0 Å². The molecule has 0 unspecified atom stereocenters. The number of H-pyrrole nitrogens is 1. The van der Waals surface area contributed by atoms with Crippen LogP contribution in [0.25, 0.3) is 33.2 Å². The number of halogens is 1. The topological polar surface area (TPSA) is 112 Å². The minimum Gasteiger partial charge on any atom is -0.497 e. The van der Waals surface area contributed by atoms with Gasteiger partial charge in [-0.3, -0.25) is 14.5 Å². The number of likely N-dealkylation sites (tertiary alicyclic amines) is 2. The third-order valence-corrected chi connectivity index (χ3v) is 8.94. The molecule has 208 valence electrons. The van der Waals surface area contributed by atoms with Gasteiger partial charge in [0.25, 0.3) is 0 Å². The molecule has 0 atom stereocenters. The van der Waals surface area contributed by atoms with Gasteiger partial charge in [-0.15, -0.1) is 0 Å². The van der Waals surface area contributed by atoms with Crippen molar-refractivity contribution >= 4 is 33.5 Å². The summed E-state index contributed by atoms with van der Waals surface area (Å²) >= 11 is 6.57. The van der Waals surface area contributed by atoms with Crippen LogP contribution in [0.5, 0.6) is 5.75 Å². The highest BCUT2D eigenvalue weighted by Gasteiger charge is 2.48. The number of nitrogens with zero attached hydrogens (tertiary/aromatic N) is 8. The van der Waals surface area contributed by atoms with Crippen molar-refractivity contribution in [1.82, 2.24) is 39.5 Å². The van der Waals surface area contributed by atoms with Gasteiger partial charge in [0.1, 0.15) is 28.4 Å². The van der Waals surface area contributed by atoms with E-state index in [2.05, 4.69) is 41.9 Å².